The highest BCUT2D eigenvalue weighted by atomic mass is 35.5. The van der Waals surface area contributed by atoms with Crippen molar-refractivity contribution in [1.82, 2.24) is 9.97 Å². The number of hydrogen-bond donors (Lipinski definition) is 1. The predicted octanol–water partition coefficient (Wildman–Crippen LogP) is 0.861. The molecule has 0 amide bonds. The molecule has 6 nitrogen and oxygen atoms in total. The highest BCUT2D eigenvalue weighted by molar-refractivity contribution is 6.30. The van der Waals surface area contributed by atoms with Gasteiger partial charge in [0.25, 0.3) is 0 Å². The Balaban J connectivity index is 2.98. The normalized spacial score (nSPS) is 11.9. The van der Waals surface area contributed by atoms with Crippen molar-refractivity contribution in [1.29, 1.82) is 0 Å². The summed E-state index contributed by atoms with van der Waals surface area (Å²) in [6.07, 6.45) is 2.44. The van der Waals surface area contributed by atoms with Gasteiger partial charge in [-0.05, 0) is 6.92 Å². The van der Waals surface area contributed by atoms with Crippen molar-refractivity contribution >= 4 is 23.5 Å². The summed E-state index contributed by atoms with van der Waals surface area (Å²) in [5, 5.41) is 9.14. The number of carboxylic acids is 1. The highest BCUT2D eigenvalue weighted by Crippen LogP contribution is 2.14. The lowest BCUT2D eigenvalue weighted by atomic mass is 10.1. The largest absolute Gasteiger partial charge is 0.480 e. The van der Waals surface area contributed by atoms with Gasteiger partial charge in [0.1, 0.15) is 0 Å². The summed E-state index contributed by atoms with van der Waals surface area (Å²) < 4.78 is 4.62. The summed E-state index contributed by atoms with van der Waals surface area (Å²) in [5.41, 5.74) is 0. The number of rotatable bonds is 4. The van der Waals surface area contributed by atoms with Crippen molar-refractivity contribution in [3.05, 3.63) is 23.2 Å². The van der Waals surface area contributed by atoms with Gasteiger partial charge in [0.2, 0.25) is 5.92 Å². The molecular formula is C9H9ClN2O4. The zero-order valence-electron chi connectivity index (χ0n) is 8.38. The van der Waals surface area contributed by atoms with Crippen LogP contribution in [0.25, 0.3) is 0 Å². The number of halogens is 1. The SMILES string of the molecule is CCOC(=O)C(C(=O)O)c1ncc(Cl)cn1. The number of carboxylic acid groups (broad SMARTS) is 1. The molecule has 0 radical (unpaired) electrons. The average Bonchev–Trinajstić information content (AvgIpc) is 2.21. The zero-order chi connectivity index (χ0) is 12.1. The fourth-order valence-electron chi connectivity index (χ4n) is 1.01. The van der Waals surface area contributed by atoms with Gasteiger partial charge in [-0.1, -0.05) is 11.6 Å². The summed E-state index contributed by atoms with van der Waals surface area (Å²) in [6, 6.07) is 0. The third-order valence-corrected chi connectivity index (χ3v) is 1.86. The number of aliphatic carboxylic acids is 1. The number of carbonyl (C=O) groups excluding carboxylic acids is 1. The van der Waals surface area contributed by atoms with E-state index < -0.39 is 17.9 Å². The zero-order valence-corrected chi connectivity index (χ0v) is 9.14. The minimum absolute atomic E-state index is 0.0935. The Morgan fingerprint density at radius 2 is 2.06 bits per heavy atom. The molecule has 86 valence electrons. The van der Waals surface area contributed by atoms with Crippen molar-refractivity contribution in [3.63, 3.8) is 0 Å². The first kappa shape index (κ1) is 12.4. The molecule has 0 aliphatic heterocycles. The van der Waals surface area contributed by atoms with Crippen LogP contribution in [0.15, 0.2) is 12.4 Å². The molecule has 1 aromatic heterocycles. The van der Waals surface area contributed by atoms with E-state index in [0.717, 1.165) is 0 Å². The second kappa shape index (κ2) is 5.41. The summed E-state index contributed by atoms with van der Waals surface area (Å²) in [6.45, 7) is 1.68. The molecule has 1 unspecified atom stereocenters. The van der Waals surface area contributed by atoms with Crippen molar-refractivity contribution in [3.8, 4) is 0 Å². The van der Waals surface area contributed by atoms with Gasteiger partial charge < -0.3 is 9.84 Å². The van der Waals surface area contributed by atoms with E-state index in [1.54, 1.807) is 6.92 Å². The number of nitrogens with zero attached hydrogens (tertiary/aromatic N) is 2. The second-order valence-electron chi connectivity index (χ2n) is 2.78. The highest BCUT2D eigenvalue weighted by Gasteiger charge is 2.32. The molecule has 7 heteroatoms. The molecule has 1 rings (SSSR count). The summed E-state index contributed by atoms with van der Waals surface area (Å²) in [5.74, 6) is -3.91. The molecule has 16 heavy (non-hydrogen) atoms. The van der Waals surface area contributed by atoms with E-state index in [0.29, 0.717) is 0 Å². The molecule has 0 spiro atoms. The fourth-order valence-corrected chi connectivity index (χ4v) is 1.11. The Bertz CT molecular complexity index is 393. The van der Waals surface area contributed by atoms with E-state index in [9.17, 15) is 9.59 Å². The molecule has 0 fully saturated rings. The van der Waals surface area contributed by atoms with E-state index in [2.05, 4.69) is 14.7 Å². The lowest BCUT2D eigenvalue weighted by Gasteiger charge is -2.09. The predicted molar refractivity (Wildman–Crippen MR) is 54.1 cm³/mol. The van der Waals surface area contributed by atoms with E-state index in [1.165, 1.54) is 12.4 Å². The smallest absolute Gasteiger partial charge is 0.328 e. The molecule has 0 aliphatic rings. The monoisotopic (exact) mass is 244 g/mol. The van der Waals surface area contributed by atoms with Crippen LogP contribution in [0.2, 0.25) is 5.02 Å². The van der Waals surface area contributed by atoms with Gasteiger partial charge in [0, 0.05) is 12.4 Å². The van der Waals surface area contributed by atoms with Crippen LogP contribution in [0.5, 0.6) is 0 Å². The van der Waals surface area contributed by atoms with Gasteiger partial charge in [0.15, 0.2) is 5.82 Å². The van der Waals surface area contributed by atoms with E-state index in [-0.39, 0.29) is 17.5 Å². The Labute approximate surface area is 96.2 Å². The average molecular weight is 245 g/mol. The quantitative estimate of drug-likeness (QED) is 0.624. The van der Waals surface area contributed by atoms with E-state index in [1.807, 2.05) is 0 Å². The number of hydrogen-bond acceptors (Lipinski definition) is 5. The van der Waals surface area contributed by atoms with Crippen LogP contribution in [0.4, 0.5) is 0 Å². The molecule has 0 saturated carbocycles. The van der Waals surface area contributed by atoms with Crippen LogP contribution in [0.3, 0.4) is 0 Å². The van der Waals surface area contributed by atoms with Gasteiger partial charge in [-0.2, -0.15) is 0 Å². The molecule has 1 N–H and O–H groups in total. The van der Waals surface area contributed by atoms with Crippen LogP contribution in [-0.4, -0.2) is 33.6 Å². The molecule has 1 heterocycles. The molecular weight excluding hydrogens is 236 g/mol. The van der Waals surface area contributed by atoms with Gasteiger partial charge >= 0.3 is 11.9 Å². The van der Waals surface area contributed by atoms with Crippen molar-refractivity contribution in [2.75, 3.05) is 6.61 Å². The minimum Gasteiger partial charge on any atom is -0.480 e. The fraction of sp³-hybridized carbons (Fsp3) is 0.333. The Morgan fingerprint density at radius 3 is 2.50 bits per heavy atom. The van der Waals surface area contributed by atoms with E-state index in [4.69, 9.17) is 16.7 Å². The number of ether oxygens (including phenoxy) is 1. The Morgan fingerprint density at radius 1 is 1.50 bits per heavy atom. The maximum absolute atomic E-state index is 11.4. The summed E-state index contributed by atoms with van der Waals surface area (Å²) >= 11 is 5.55. The Kier molecular flexibility index (Phi) is 4.19. The third kappa shape index (κ3) is 2.90. The standard InChI is InChI=1S/C9H9ClN2O4/c1-2-16-9(15)6(8(13)14)7-11-3-5(10)4-12-7/h3-4,6H,2H2,1H3,(H,13,14). The topological polar surface area (TPSA) is 89.4 Å². The lowest BCUT2D eigenvalue weighted by Crippen LogP contribution is -2.25. The van der Waals surface area contributed by atoms with Gasteiger partial charge in [-0.3, -0.25) is 9.59 Å². The van der Waals surface area contributed by atoms with Crippen molar-refractivity contribution in [2.45, 2.75) is 12.8 Å². The molecule has 1 aromatic rings. The molecule has 0 aromatic carbocycles. The van der Waals surface area contributed by atoms with Crippen LogP contribution < -0.4 is 0 Å². The van der Waals surface area contributed by atoms with Gasteiger partial charge in [0.05, 0.1) is 11.6 Å². The first-order valence-electron chi connectivity index (χ1n) is 4.43. The van der Waals surface area contributed by atoms with Crippen molar-refractivity contribution < 1.29 is 19.4 Å². The third-order valence-electron chi connectivity index (χ3n) is 1.67. The summed E-state index contributed by atoms with van der Waals surface area (Å²) in [7, 11) is 0. The maximum Gasteiger partial charge on any atom is 0.328 e. The number of aromatic nitrogens is 2. The van der Waals surface area contributed by atoms with Crippen molar-refractivity contribution in [2.24, 2.45) is 0 Å². The first-order valence-corrected chi connectivity index (χ1v) is 4.81. The molecule has 1 atom stereocenters. The molecule has 0 aliphatic carbocycles. The second-order valence-corrected chi connectivity index (χ2v) is 3.22. The van der Waals surface area contributed by atoms with Gasteiger partial charge in [-0.15, -0.1) is 0 Å². The number of carbonyl (C=O) groups is 2. The molecule has 0 saturated heterocycles. The van der Waals surface area contributed by atoms with Crippen LogP contribution in [-0.2, 0) is 14.3 Å². The van der Waals surface area contributed by atoms with Crippen LogP contribution in [0.1, 0.15) is 18.7 Å². The van der Waals surface area contributed by atoms with Crippen LogP contribution >= 0.6 is 11.6 Å². The lowest BCUT2D eigenvalue weighted by molar-refractivity contribution is -0.154. The van der Waals surface area contributed by atoms with Gasteiger partial charge in [-0.25, -0.2) is 9.97 Å². The van der Waals surface area contributed by atoms with E-state index >= 15 is 0 Å². The summed E-state index contributed by atoms with van der Waals surface area (Å²) in [4.78, 5) is 29.6. The minimum atomic E-state index is -1.52. The maximum atomic E-state index is 11.4. The first-order chi connectivity index (χ1) is 7.56. The Hall–Kier alpha value is -1.69. The molecule has 0 bridgehead atoms. The number of esters is 1. The van der Waals surface area contributed by atoms with Crippen LogP contribution in [0, 0.1) is 0 Å².